The van der Waals surface area contributed by atoms with E-state index in [9.17, 15) is 8.42 Å². The van der Waals surface area contributed by atoms with Gasteiger partial charge in [0.1, 0.15) is 5.75 Å². The van der Waals surface area contributed by atoms with Crippen molar-refractivity contribution in [2.75, 3.05) is 13.7 Å². The molecule has 0 aliphatic carbocycles. The second kappa shape index (κ2) is 9.38. The molecule has 0 bridgehead atoms. The number of guanidine groups is 1. The molecule has 0 fully saturated rings. The van der Waals surface area contributed by atoms with Gasteiger partial charge in [0.2, 0.25) is 10.0 Å². The van der Waals surface area contributed by atoms with E-state index in [0.29, 0.717) is 12.6 Å². The van der Waals surface area contributed by atoms with E-state index in [1.807, 2.05) is 30.3 Å². The fourth-order valence-corrected chi connectivity index (χ4v) is 3.62. The summed E-state index contributed by atoms with van der Waals surface area (Å²) in [6, 6.07) is 14.5. The lowest BCUT2D eigenvalue weighted by Gasteiger charge is -2.26. The Kier molecular flexibility index (Phi) is 7.45. The topological polar surface area (TPSA) is 106 Å². The van der Waals surface area contributed by atoms with Gasteiger partial charge in [0.05, 0.1) is 24.1 Å². The van der Waals surface area contributed by atoms with Gasteiger partial charge in [-0.15, -0.1) is 24.0 Å². The summed E-state index contributed by atoms with van der Waals surface area (Å²) in [6.45, 7) is 0.905. The van der Waals surface area contributed by atoms with E-state index in [4.69, 9.17) is 10.5 Å². The molecule has 1 heterocycles. The van der Waals surface area contributed by atoms with Crippen LogP contribution in [0.2, 0.25) is 0 Å². The molecule has 0 amide bonds. The lowest BCUT2D eigenvalue weighted by atomic mass is 10.0. The Morgan fingerprint density at radius 1 is 1.26 bits per heavy atom. The summed E-state index contributed by atoms with van der Waals surface area (Å²) in [6.07, 6.45) is 0.795. The molecule has 0 aromatic heterocycles. The lowest BCUT2D eigenvalue weighted by Crippen LogP contribution is -2.37. The van der Waals surface area contributed by atoms with Gasteiger partial charge in [-0.05, 0) is 30.8 Å². The van der Waals surface area contributed by atoms with Gasteiger partial charge in [-0.25, -0.2) is 18.1 Å². The lowest BCUT2D eigenvalue weighted by molar-refractivity contribution is 0.262. The fraction of sp³-hybridized carbons (Fsp3) is 0.278. The van der Waals surface area contributed by atoms with Crippen LogP contribution in [0.4, 0.5) is 0 Å². The Balaban J connectivity index is 0.00000261. The molecule has 2 aromatic carbocycles. The highest BCUT2D eigenvalue weighted by Crippen LogP contribution is 2.31. The summed E-state index contributed by atoms with van der Waals surface area (Å²) >= 11 is 0. The van der Waals surface area contributed by atoms with Gasteiger partial charge in [0, 0.05) is 12.0 Å². The Hall–Kier alpha value is -1.85. The van der Waals surface area contributed by atoms with Crippen LogP contribution in [0.3, 0.4) is 0 Å². The maximum absolute atomic E-state index is 11.9. The maximum atomic E-state index is 11.9. The van der Waals surface area contributed by atoms with Crippen LogP contribution < -0.4 is 20.5 Å². The average Bonchev–Trinajstić information content (AvgIpc) is 2.67. The van der Waals surface area contributed by atoms with Crippen LogP contribution in [0.25, 0.3) is 0 Å². The van der Waals surface area contributed by atoms with Crippen LogP contribution in [0.1, 0.15) is 23.6 Å². The monoisotopic (exact) mass is 502 g/mol. The van der Waals surface area contributed by atoms with Crippen molar-refractivity contribution in [3.05, 3.63) is 59.7 Å². The predicted octanol–water partition coefficient (Wildman–Crippen LogP) is 2.14. The molecule has 1 aliphatic heterocycles. The number of nitrogens with one attached hydrogen (secondary N) is 2. The predicted molar refractivity (Wildman–Crippen MR) is 116 cm³/mol. The van der Waals surface area contributed by atoms with Crippen LogP contribution in [0.5, 0.6) is 5.75 Å². The number of rotatable bonds is 5. The Morgan fingerprint density at radius 2 is 2.04 bits per heavy atom. The second-order valence-electron chi connectivity index (χ2n) is 5.93. The second-order valence-corrected chi connectivity index (χ2v) is 7.81. The maximum Gasteiger partial charge on any atom is 0.240 e. The normalized spacial score (nSPS) is 16.6. The van der Waals surface area contributed by atoms with Crippen LogP contribution in [-0.2, 0) is 16.6 Å². The van der Waals surface area contributed by atoms with Crippen molar-refractivity contribution >= 4 is 40.0 Å². The van der Waals surface area contributed by atoms with Crippen LogP contribution in [0, 0.1) is 0 Å². The highest BCUT2D eigenvalue weighted by molar-refractivity contribution is 14.0. The molecule has 0 saturated carbocycles. The van der Waals surface area contributed by atoms with Gasteiger partial charge in [-0.3, -0.25) is 0 Å². The van der Waals surface area contributed by atoms with E-state index in [0.717, 1.165) is 23.3 Å². The number of hydrogen-bond donors (Lipinski definition) is 3. The summed E-state index contributed by atoms with van der Waals surface area (Å²) in [4.78, 5) is 4.54. The number of hydrogen-bond acceptors (Lipinski definition) is 4. The van der Waals surface area contributed by atoms with E-state index in [2.05, 4.69) is 15.0 Å². The first-order chi connectivity index (χ1) is 12.5. The first-order valence-electron chi connectivity index (χ1n) is 8.30. The number of ether oxygens (including phenoxy) is 1. The molecule has 0 radical (unpaired) electrons. The summed E-state index contributed by atoms with van der Waals surface area (Å²) in [5.41, 5.74) is 7.84. The molecular formula is C18H23IN4O3S. The molecule has 3 rings (SSSR count). The number of para-hydroxylation sites is 1. The van der Waals surface area contributed by atoms with Gasteiger partial charge in [0.25, 0.3) is 0 Å². The fourth-order valence-electron chi connectivity index (χ4n) is 2.82. The average molecular weight is 502 g/mol. The number of sulfonamides is 1. The van der Waals surface area contributed by atoms with Gasteiger partial charge in [0.15, 0.2) is 5.96 Å². The molecule has 0 saturated heterocycles. The summed E-state index contributed by atoms with van der Waals surface area (Å²) in [7, 11) is -2.09. The van der Waals surface area contributed by atoms with E-state index in [1.165, 1.54) is 7.05 Å². The van der Waals surface area contributed by atoms with Gasteiger partial charge >= 0.3 is 0 Å². The first-order valence-corrected chi connectivity index (χ1v) is 9.78. The molecule has 1 aliphatic rings. The number of aliphatic imine (C=N–C) groups is 1. The summed E-state index contributed by atoms with van der Waals surface area (Å²) in [5.74, 6) is 1.17. The van der Waals surface area contributed by atoms with E-state index >= 15 is 0 Å². The molecule has 1 atom stereocenters. The number of nitrogens with two attached hydrogens (primary N) is 1. The molecule has 9 heteroatoms. The molecule has 2 aromatic rings. The molecule has 7 nitrogen and oxygen atoms in total. The van der Waals surface area contributed by atoms with Gasteiger partial charge in [-0.2, -0.15) is 0 Å². The van der Waals surface area contributed by atoms with Crippen LogP contribution in [-0.4, -0.2) is 28.0 Å². The number of fused-ring (bicyclic) bond motifs is 1. The zero-order valence-corrected chi connectivity index (χ0v) is 18.0. The van der Waals surface area contributed by atoms with Gasteiger partial charge in [-0.1, -0.05) is 30.3 Å². The molecular weight excluding hydrogens is 479 g/mol. The highest BCUT2D eigenvalue weighted by atomic mass is 127. The first kappa shape index (κ1) is 21.5. The van der Waals surface area contributed by atoms with Crippen LogP contribution in [0.15, 0.2) is 58.4 Å². The minimum Gasteiger partial charge on any atom is -0.493 e. The summed E-state index contributed by atoms with van der Waals surface area (Å²) < 4.78 is 31.7. The van der Waals surface area contributed by atoms with Crippen molar-refractivity contribution in [3.63, 3.8) is 0 Å². The molecule has 146 valence electrons. The minimum atomic E-state index is -3.47. The number of halogens is 1. The Bertz CT molecular complexity index is 918. The largest absolute Gasteiger partial charge is 0.493 e. The minimum absolute atomic E-state index is 0. The standard InChI is InChI=1S/C18H22N4O3S.HI/c1-20-26(23,24)14-6-4-5-13(11-14)12-21-18(19)22-16-9-10-25-17-8-3-2-7-15(16)17;/h2-8,11,16,20H,9-10,12H2,1H3,(H3,19,21,22);1H. The van der Waals surface area contributed by atoms with Crippen molar-refractivity contribution in [2.24, 2.45) is 10.7 Å². The van der Waals surface area contributed by atoms with E-state index in [1.54, 1.807) is 18.2 Å². The SMILES string of the molecule is CNS(=O)(=O)c1cccc(CN=C(N)NC2CCOc3ccccc32)c1.I. The zero-order valence-electron chi connectivity index (χ0n) is 14.9. The zero-order chi connectivity index (χ0) is 18.6. The molecule has 4 N–H and O–H groups in total. The molecule has 0 spiro atoms. The number of nitrogens with zero attached hydrogens (tertiary/aromatic N) is 1. The summed E-state index contributed by atoms with van der Waals surface area (Å²) in [5, 5.41) is 3.22. The number of benzene rings is 2. The Morgan fingerprint density at radius 3 is 2.81 bits per heavy atom. The van der Waals surface area contributed by atoms with Crippen molar-refractivity contribution in [1.82, 2.24) is 10.0 Å². The van der Waals surface area contributed by atoms with Crippen molar-refractivity contribution in [3.8, 4) is 5.75 Å². The third-order valence-corrected chi connectivity index (χ3v) is 5.60. The molecule has 27 heavy (non-hydrogen) atoms. The smallest absolute Gasteiger partial charge is 0.240 e. The third kappa shape index (κ3) is 5.33. The van der Waals surface area contributed by atoms with E-state index in [-0.39, 0.29) is 41.5 Å². The van der Waals surface area contributed by atoms with Crippen molar-refractivity contribution < 1.29 is 13.2 Å². The molecule has 1 unspecified atom stereocenters. The van der Waals surface area contributed by atoms with Crippen molar-refractivity contribution in [1.29, 1.82) is 0 Å². The van der Waals surface area contributed by atoms with Crippen molar-refractivity contribution in [2.45, 2.75) is 23.9 Å². The Labute approximate surface area is 176 Å². The van der Waals surface area contributed by atoms with Crippen LogP contribution >= 0.6 is 24.0 Å². The quantitative estimate of drug-likeness (QED) is 0.330. The highest BCUT2D eigenvalue weighted by Gasteiger charge is 2.21. The third-order valence-electron chi connectivity index (χ3n) is 4.19. The van der Waals surface area contributed by atoms with E-state index < -0.39 is 10.0 Å². The van der Waals surface area contributed by atoms with Gasteiger partial charge < -0.3 is 15.8 Å².